The van der Waals surface area contributed by atoms with Gasteiger partial charge < -0.3 is 15.0 Å². The van der Waals surface area contributed by atoms with E-state index in [2.05, 4.69) is 36.2 Å². The van der Waals surface area contributed by atoms with Gasteiger partial charge in [-0.3, -0.25) is 0 Å². The normalized spacial score (nSPS) is 16.4. The third-order valence-electron chi connectivity index (χ3n) is 4.09. The van der Waals surface area contributed by atoms with Crippen LogP contribution in [0.25, 0.3) is 0 Å². The number of ether oxygens (including phenoxy) is 1. The number of hydrogen-bond donors (Lipinski definition) is 1. The van der Waals surface area contributed by atoms with Gasteiger partial charge in [-0.15, -0.1) is 0 Å². The Bertz CT molecular complexity index is 402. The summed E-state index contributed by atoms with van der Waals surface area (Å²) in [6.45, 7) is 13.1. The van der Waals surface area contributed by atoms with Crippen LogP contribution >= 0.6 is 0 Å². The minimum Gasteiger partial charge on any atom is -0.494 e. The molecule has 1 aliphatic rings. The van der Waals surface area contributed by atoms with Crippen LogP contribution in [0.1, 0.15) is 30.0 Å². The molecule has 0 radical (unpaired) electrons. The summed E-state index contributed by atoms with van der Waals surface area (Å²) in [7, 11) is 0. The Morgan fingerprint density at radius 3 is 2.40 bits per heavy atom. The van der Waals surface area contributed by atoms with Crippen LogP contribution in [0.3, 0.4) is 0 Å². The first-order valence-electron chi connectivity index (χ1n) is 7.86. The van der Waals surface area contributed by atoms with Crippen molar-refractivity contribution in [2.45, 2.75) is 33.6 Å². The highest BCUT2D eigenvalue weighted by Gasteiger charge is 2.10. The molecule has 0 unspecified atom stereocenters. The third kappa shape index (κ3) is 4.22. The van der Waals surface area contributed by atoms with Crippen LogP contribution in [0.2, 0.25) is 0 Å². The Morgan fingerprint density at radius 2 is 1.80 bits per heavy atom. The molecule has 1 fully saturated rings. The van der Waals surface area contributed by atoms with E-state index in [1.165, 1.54) is 49.2 Å². The number of hydrogen-bond acceptors (Lipinski definition) is 3. The van der Waals surface area contributed by atoms with E-state index in [4.69, 9.17) is 4.74 Å². The molecule has 0 aromatic heterocycles. The second-order valence-electron chi connectivity index (χ2n) is 5.66. The Labute approximate surface area is 123 Å². The molecular weight excluding hydrogens is 248 g/mol. The molecular formula is C17H28N2O. The van der Waals surface area contributed by atoms with Gasteiger partial charge in [0.05, 0.1) is 6.61 Å². The zero-order valence-electron chi connectivity index (χ0n) is 13.2. The van der Waals surface area contributed by atoms with E-state index < -0.39 is 0 Å². The predicted octanol–water partition coefficient (Wildman–Crippen LogP) is 2.54. The first-order chi connectivity index (χ1) is 9.70. The molecule has 1 N–H and O–H groups in total. The highest BCUT2D eigenvalue weighted by Crippen LogP contribution is 2.23. The second kappa shape index (κ2) is 7.65. The van der Waals surface area contributed by atoms with E-state index >= 15 is 0 Å². The average molecular weight is 276 g/mol. The minimum atomic E-state index is 0.737. The quantitative estimate of drug-likeness (QED) is 0.864. The Hall–Kier alpha value is -1.06. The summed E-state index contributed by atoms with van der Waals surface area (Å²) in [6, 6.07) is 4.35. The molecule has 0 aliphatic carbocycles. The SMILES string of the molecule is CCOc1cc(C)c(CCCN2CCNCC2)c(C)c1. The topological polar surface area (TPSA) is 24.5 Å². The molecule has 1 aliphatic heterocycles. The molecule has 0 spiro atoms. The van der Waals surface area contributed by atoms with Crippen LogP contribution in [0, 0.1) is 13.8 Å². The maximum Gasteiger partial charge on any atom is 0.119 e. The summed E-state index contributed by atoms with van der Waals surface area (Å²) < 4.78 is 5.61. The van der Waals surface area contributed by atoms with Crippen LogP contribution in [0.4, 0.5) is 0 Å². The highest BCUT2D eigenvalue weighted by molar-refractivity contribution is 5.41. The lowest BCUT2D eigenvalue weighted by Gasteiger charge is -2.27. The van der Waals surface area contributed by atoms with Gasteiger partial charge in [0.1, 0.15) is 5.75 Å². The first-order valence-corrected chi connectivity index (χ1v) is 7.86. The van der Waals surface area contributed by atoms with Crippen molar-refractivity contribution in [3.63, 3.8) is 0 Å². The summed E-state index contributed by atoms with van der Waals surface area (Å²) in [6.07, 6.45) is 2.42. The summed E-state index contributed by atoms with van der Waals surface area (Å²) in [5, 5.41) is 3.40. The van der Waals surface area contributed by atoms with Gasteiger partial charge in [-0.1, -0.05) is 0 Å². The van der Waals surface area contributed by atoms with Crippen molar-refractivity contribution in [2.75, 3.05) is 39.3 Å². The van der Waals surface area contributed by atoms with E-state index in [0.717, 1.165) is 25.4 Å². The average Bonchev–Trinajstić information content (AvgIpc) is 2.43. The molecule has 1 heterocycles. The fourth-order valence-corrected chi connectivity index (χ4v) is 3.01. The van der Waals surface area contributed by atoms with E-state index in [-0.39, 0.29) is 0 Å². The molecule has 1 aromatic rings. The lowest BCUT2D eigenvalue weighted by Crippen LogP contribution is -2.43. The van der Waals surface area contributed by atoms with Crippen LogP contribution in [-0.4, -0.2) is 44.2 Å². The molecule has 0 bridgehead atoms. The third-order valence-corrected chi connectivity index (χ3v) is 4.09. The zero-order valence-corrected chi connectivity index (χ0v) is 13.2. The van der Waals surface area contributed by atoms with Crippen LogP contribution in [-0.2, 0) is 6.42 Å². The lowest BCUT2D eigenvalue weighted by molar-refractivity contribution is 0.238. The van der Waals surface area contributed by atoms with Crippen molar-refractivity contribution in [1.82, 2.24) is 10.2 Å². The van der Waals surface area contributed by atoms with Gasteiger partial charge in [-0.25, -0.2) is 0 Å². The molecule has 1 saturated heterocycles. The van der Waals surface area contributed by atoms with Crippen molar-refractivity contribution in [3.8, 4) is 5.75 Å². The highest BCUT2D eigenvalue weighted by atomic mass is 16.5. The Kier molecular flexibility index (Phi) is 5.86. The summed E-state index contributed by atoms with van der Waals surface area (Å²) in [5.41, 5.74) is 4.24. The molecule has 2 rings (SSSR count). The number of nitrogens with zero attached hydrogens (tertiary/aromatic N) is 1. The monoisotopic (exact) mass is 276 g/mol. The van der Waals surface area contributed by atoms with Crippen molar-refractivity contribution in [2.24, 2.45) is 0 Å². The van der Waals surface area contributed by atoms with Gasteiger partial charge in [0.25, 0.3) is 0 Å². The molecule has 0 saturated carbocycles. The fraction of sp³-hybridized carbons (Fsp3) is 0.647. The molecule has 112 valence electrons. The summed E-state index contributed by atoms with van der Waals surface area (Å²) >= 11 is 0. The maximum absolute atomic E-state index is 5.61. The predicted molar refractivity (Wildman–Crippen MR) is 84.7 cm³/mol. The van der Waals surface area contributed by atoms with Gasteiger partial charge in [0.15, 0.2) is 0 Å². The van der Waals surface area contributed by atoms with Gasteiger partial charge in [0, 0.05) is 26.2 Å². The van der Waals surface area contributed by atoms with Crippen molar-refractivity contribution < 1.29 is 4.74 Å². The number of nitrogens with one attached hydrogen (secondary N) is 1. The van der Waals surface area contributed by atoms with E-state index in [0.29, 0.717) is 0 Å². The molecule has 20 heavy (non-hydrogen) atoms. The van der Waals surface area contributed by atoms with Crippen molar-refractivity contribution in [1.29, 1.82) is 0 Å². The lowest BCUT2D eigenvalue weighted by atomic mass is 9.98. The van der Waals surface area contributed by atoms with Crippen molar-refractivity contribution in [3.05, 3.63) is 28.8 Å². The van der Waals surface area contributed by atoms with Crippen molar-refractivity contribution >= 4 is 0 Å². The Balaban J connectivity index is 1.88. The van der Waals surface area contributed by atoms with Gasteiger partial charge in [-0.2, -0.15) is 0 Å². The molecule has 3 nitrogen and oxygen atoms in total. The fourth-order valence-electron chi connectivity index (χ4n) is 3.01. The maximum atomic E-state index is 5.61. The van der Waals surface area contributed by atoms with Gasteiger partial charge in [0.2, 0.25) is 0 Å². The summed E-state index contributed by atoms with van der Waals surface area (Å²) in [5.74, 6) is 1.01. The van der Waals surface area contributed by atoms with E-state index in [1.54, 1.807) is 0 Å². The summed E-state index contributed by atoms with van der Waals surface area (Å²) in [4.78, 5) is 2.57. The van der Waals surface area contributed by atoms with E-state index in [1.807, 2.05) is 6.92 Å². The Morgan fingerprint density at radius 1 is 1.15 bits per heavy atom. The largest absolute Gasteiger partial charge is 0.494 e. The number of piperazine rings is 1. The zero-order chi connectivity index (χ0) is 14.4. The second-order valence-corrected chi connectivity index (χ2v) is 5.66. The molecule has 3 heteroatoms. The van der Waals surface area contributed by atoms with Gasteiger partial charge >= 0.3 is 0 Å². The number of aryl methyl sites for hydroxylation is 2. The first kappa shape index (κ1) is 15.3. The van der Waals surface area contributed by atoms with Crippen LogP contribution in [0.5, 0.6) is 5.75 Å². The number of rotatable bonds is 6. The molecule has 1 aromatic carbocycles. The van der Waals surface area contributed by atoms with Crippen LogP contribution < -0.4 is 10.1 Å². The van der Waals surface area contributed by atoms with Crippen LogP contribution in [0.15, 0.2) is 12.1 Å². The van der Waals surface area contributed by atoms with E-state index in [9.17, 15) is 0 Å². The smallest absolute Gasteiger partial charge is 0.119 e. The molecule has 0 atom stereocenters. The molecule has 0 amide bonds. The number of benzene rings is 1. The van der Waals surface area contributed by atoms with Gasteiger partial charge in [-0.05, 0) is 69.0 Å². The minimum absolute atomic E-state index is 0.737. The standard InChI is InChI=1S/C17H28N2O/c1-4-20-16-12-14(2)17(15(3)13-16)6-5-9-19-10-7-18-8-11-19/h12-13,18H,4-11H2,1-3H3.